The van der Waals surface area contributed by atoms with Gasteiger partial charge in [-0.15, -0.1) is 24.8 Å². The average Bonchev–Trinajstić information content (AvgIpc) is 2.79. The molecule has 0 aromatic carbocycles. The molecule has 2 aliphatic rings. The number of hydrogen-bond acceptors (Lipinski definition) is 4. The van der Waals surface area contributed by atoms with Gasteiger partial charge in [-0.25, -0.2) is 9.98 Å². The molecule has 2 fully saturated rings. The maximum Gasteiger partial charge on any atom is 0.161 e. The molecule has 0 aromatic heterocycles. The largest absolute Gasteiger partial charge is 0.354 e. The van der Waals surface area contributed by atoms with Crippen LogP contribution in [-0.4, -0.2) is 65.0 Å². The van der Waals surface area contributed by atoms with Gasteiger partial charge in [-0.2, -0.15) is 0 Å². The predicted molar refractivity (Wildman–Crippen MR) is 89.0 cm³/mol. The van der Waals surface area contributed by atoms with Gasteiger partial charge in [0.25, 0.3) is 0 Å². The number of hydrogen-bond donors (Lipinski definition) is 0. The van der Waals surface area contributed by atoms with Crippen molar-refractivity contribution in [3.63, 3.8) is 0 Å². The molecule has 0 spiro atoms. The summed E-state index contributed by atoms with van der Waals surface area (Å²) in [5, 5.41) is 2.25. The Morgan fingerprint density at radius 3 is 1.61 bits per heavy atom. The fraction of sp³-hybridized carbons (Fsp3) is 0.800. The quantitative estimate of drug-likeness (QED) is 0.777. The third-order valence-corrected chi connectivity index (χ3v) is 4.69. The van der Waals surface area contributed by atoms with Crippen LogP contribution < -0.4 is 0 Å². The van der Waals surface area contributed by atoms with E-state index in [1.54, 1.807) is 0 Å². The summed E-state index contributed by atoms with van der Waals surface area (Å²) >= 11 is 3.65. The van der Waals surface area contributed by atoms with Gasteiger partial charge in [0.15, 0.2) is 10.3 Å². The Labute approximate surface area is 130 Å². The van der Waals surface area contributed by atoms with Gasteiger partial charge in [0.1, 0.15) is 6.17 Å². The highest BCUT2D eigenvalue weighted by Crippen LogP contribution is 2.19. The second-order valence-electron chi connectivity index (χ2n) is 4.00. The van der Waals surface area contributed by atoms with E-state index in [4.69, 9.17) is 0 Å². The number of amidine groups is 2. The summed E-state index contributed by atoms with van der Waals surface area (Å²) < 4.78 is 0. The third-order valence-electron chi connectivity index (χ3n) is 2.56. The van der Waals surface area contributed by atoms with Crippen molar-refractivity contribution in [2.75, 3.05) is 38.7 Å². The highest BCUT2D eigenvalue weighted by molar-refractivity contribution is 8.14. The molecule has 0 atom stereocenters. The van der Waals surface area contributed by atoms with Crippen LogP contribution >= 0.6 is 48.3 Å². The van der Waals surface area contributed by atoms with Crippen molar-refractivity contribution < 1.29 is 0 Å². The monoisotopic (exact) mass is 330 g/mol. The van der Waals surface area contributed by atoms with Crippen LogP contribution in [0, 0.1) is 0 Å². The minimum absolute atomic E-state index is 0. The summed E-state index contributed by atoms with van der Waals surface area (Å²) in [7, 11) is 4.18. The molecule has 4 nitrogen and oxygen atoms in total. The van der Waals surface area contributed by atoms with Crippen molar-refractivity contribution in [3.8, 4) is 0 Å². The van der Waals surface area contributed by atoms with E-state index in [0.717, 1.165) is 34.9 Å². The highest BCUT2D eigenvalue weighted by atomic mass is 35.5. The summed E-state index contributed by atoms with van der Waals surface area (Å²) in [5.74, 6) is 2.29. The van der Waals surface area contributed by atoms with E-state index in [2.05, 4.69) is 40.8 Å². The summed E-state index contributed by atoms with van der Waals surface area (Å²) in [4.78, 5) is 13.7. The zero-order valence-electron chi connectivity index (χ0n) is 10.8. The number of aliphatic imine (C=N–C) groups is 2. The fourth-order valence-electron chi connectivity index (χ4n) is 1.58. The summed E-state index contributed by atoms with van der Waals surface area (Å²) in [6, 6.07) is 0. The topological polar surface area (TPSA) is 31.2 Å². The zero-order chi connectivity index (χ0) is 11.5. The Morgan fingerprint density at radius 2 is 1.33 bits per heavy atom. The molecule has 0 amide bonds. The van der Waals surface area contributed by atoms with Crippen LogP contribution in [0.5, 0.6) is 0 Å². The van der Waals surface area contributed by atoms with Crippen molar-refractivity contribution >= 4 is 58.7 Å². The molecule has 0 N–H and O–H groups in total. The molecule has 106 valence electrons. The Kier molecular flexibility index (Phi) is 8.51. The highest BCUT2D eigenvalue weighted by Gasteiger charge is 2.18. The summed E-state index contributed by atoms with van der Waals surface area (Å²) in [5.41, 5.74) is 0. The maximum absolute atomic E-state index is 4.63. The molecule has 0 saturated carbocycles. The smallest absolute Gasteiger partial charge is 0.161 e. The SMILES string of the molecule is CC(N=C1SCCN1C)N=C1SCCN1C.Cl.Cl. The van der Waals surface area contributed by atoms with Gasteiger partial charge in [-0.05, 0) is 6.92 Å². The van der Waals surface area contributed by atoms with Gasteiger partial charge in [0.05, 0.1) is 0 Å². The van der Waals surface area contributed by atoms with Crippen LogP contribution in [0.2, 0.25) is 0 Å². The van der Waals surface area contributed by atoms with Crippen molar-refractivity contribution in [1.82, 2.24) is 9.80 Å². The van der Waals surface area contributed by atoms with E-state index in [9.17, 15) is 0 Å². The first-order valence-corrected chi connectivity index (χ1v) is 7.47. The Morgan fingerprint density at radius 1 is 0.944 bits per heavy atom. The second kappa shape index (κ2) is 8.40. The zero-order valence-corrected chi connectivity index (χ0v) is 14.1. The van der Waals surface area contributed by atoms with Crippen molar-refractivity contribution in [2.45, 2.75) is 13.1 Å². The van der Waals surface area contributed by atoms with Gasteiger partial charge in [0, 0.05) is 38.7 Å². The normalized spacial score (nSPS) is 25.3. The van der Waals surface area contributed by atoms with E-state index < -0.39 is 0 Å². The van der Waals surface area contributed by atoms with E-state index in [-0.39, 0.29) is 31.0 Å². The van der Waals surface area contributed by atoms with Crippen LogP contribution in [0.1, 0.15) is 6.92 Å². The van der Waals surface area contributed by atoms with Crippen LogP contribution in [0.4, 0.5) is 0 Å². The lowest BCUT2D eigenvalue weighted by molar-refractivity contribution is 0.548. The first-order chi connectivity index (χ1) is 7.66. The second-order valence-corrected chi connectivity index (χ2v) is 6.12. The first kappa shape index (κ1) is 18.2. The number of nitrogens with zero attached hydrogens (tertiary/aromatic N) is 4. The Hall–Kier alpha value is 0.220. The average molecular weight is 331 g/mol. The molecule has 0 unspecified atom stereocenters. The molecule has 0 aromatic rings. The Bertz CT molecular complexity index is 295. The van der Waals surface area contributed by atoms with Gasteiger partial charge in [0.2, 0.25) is 0 Å². The molecule has 8 heteroatoms. The maximum atomic E-state index is 4.63. The number of thioether (sulfide) groups is 2. The lowest BCUT2D eigenvalue weighted by Crippen LogP contribution is -2.22. The van der Waals surface area contributed by atoms with Crippen molar-refractivity contribution in [2.24, 2.45) is 9.98 Å². The van der Waals surface area contributed by atoms with Crippen molar-refractivity contribution in [3.05, 3.63) is 0 Å². The standard InChI is InChI=1S/C10H18N4S2.2ClH/c1-8(11-9-13(2)4-6-15-9)12-10-14(3)5-7-16-10;;/h8H,4-7H2,1-3H3;2*1H. The first-order valence-electron chi connectivity index (χ1n) is 5.50. The fourth-order valence-corrected chi connectivity index (χ4v) is 3.75. The minimum atomic E-state index is 0. The van der Waals surface area contributed by atoms with Crippen LogP contribution in [0.3, 0.4) is 0 Å². The molecule has 0 bridgehead atoms. The molecule has 2 saturated heterocycles. The third kappa shape index (κ3) is 4.72. The van der Waals surface area contributed by atoms with Crippen molar-refractivity contribution in [1.29, 1.82) is 0 Å². The summed E-state index contributed by atoms with van der Waals surface area (Å²) in [6.07, 6.45) is 0.0334. The van der Waals surface area contributed by atoms with Gasteiger partial charge < -0.3 is 9.80 Å². The molecule has 2 aliphatic heterocycles. The van der Waals surface area contributed by atoms with E-state index in [1.807, 2.05) is 23.5 Å². The van der Waals surface area contributed by atoms with Crippen LogP contribution in [0.25, 0.3) is 0 Å². The molecule has 18 heavy (non-hydrogen) atoms. The van der Waals surface area contributed by atoms with Crippen LogP contribution in [-0.2, 0) is 0 Å². The molecule has 2 rings (SSSR count). The lowest BCUT2D eigenvalue weighted by atomic mass is 10.6. The molecule has 2 heterocycles. The van der Waals surface area contributed by atoms with Crippen LogP contribution in [0.15, 0.2) is 9.98 Å². The Balaban J connectivity index is 0.00000144. The van der Waals surface area contributed by atoms with Gasteiger partial charge in [-0.1, -0.05) is 23.5 Å². The summed E-state index contributed by atoms with van der Waals surface area (Å²) in [6.45, 7) is 4.25. The number of rotatable bonds is 2. The molecule has 0 radical (unpaired) electrons. The van der Waals surface area contributed by atoms with Gasteiger partial charge >= 0.3 is 0 Å². The van der Waals surface area contributed by atoms with E-state index in [1.165, 1.54) is 0 Å². The molecular formula is C10H20Cl2N4S2. The van der Waals surface area contributed by atoms with E-state index >= 15 is 0 Å². The lowest BCUT2D eigenvalue weighted by Gasteiger charge is -2.13. The predicted octanol–water partition coefficient (Wildman–Crippen LogP) is 2.25. The van der Waals surface area contributed by atoms with E-state index in [0.29, 0.717) is 0 Å². The molecular weight excluding hydrogens is 311 g/mol. The molecule has 0 aliphatic carbocycles. The van der Waals surface area contributed by atoms with Gasteiger partial charge in [-0.3, -0.25) is 0 Å². The number of halogens is 2. The minimum Gasteiger partial charge on any atom is -0.354 e.